The van der Waals surface area contributed by atoms with Gasteiger partial charge in [-0.05, 0) is 22.0 Å². The van der Waals surface area contributed by atoms with Crippen LogP contribution in [-0.4, -0.2) is 16.3 Å². The molecule has 74 valence electrons. The van der Waals surface area contributed by atoms with E-state index in [2.05, 4.69) is 25.9 Å². The monoisotopic (exact) mass is 262 g/mol. The molecular formula is C11H7BrN2O. The van der Waals surface area contributed by atoms with Crippen molar-refractivity contribution in [1.82, 2.24) is 9.97 Å². The van der Waals surface area contributed by atoms with Crippen LogP contribution in [0.15, 0.2) is 41.3 Å². The summed E-state index contributed by atoms with van der Waals surface area (Å²) >= 11 is 3.22. The number of aromatic nitrogens is 2. The van der Waals surface area contributed by atoms with E-state index in [1.54, 1.807) is 24.5 Å². The minimum absolute atomic E-state index is 0.636. The molecule has 2 rings (SSSR count). The van der Waals surface area contributed by atoms with Gasteiger partial charge in [-0.15, -0.1) is 0 Å². The number of rotatable bonds is 2. The number of hydrogen-bond donors (Lipinski definition) is 0. The molecule has 1 heterocycles. The maximum atomic E-state index is 10.6. The van der Waals surface area contributed by atoms with Crippen LogP contribution < -0.4 is 0 Å². The molecule has 2 aromatic rings. The third-order valence-electron chi connectivity index (χ3n) is 1.94. The summed E-state index contributed by atoms with van der Waals surface area (Å²) in [4.78, 5) is 18.9. The minimum atomic E-state index is 0.636. The van der Waals surface area contributed by atoms with Crippen molar-refractivity contribution in [3.05, 3.63) is 46.8 Å². The van der Waals surface area contributed by atoms with E-state index >= 15 is 0 Å². The summed E-state index contributed by atoms with van der Waals surface area (Å²) in [5.41, 5.74) is 2.28. The van der Waals surface area contributed by atoms with Crippen LogP contribution in [0.25, 0.3) is 11.3 Å². The SMILES string of the molecule is O=Cc1cccc(-c2cnc(Br)cn2)c1. The van der Waals surface area contributed by atoms with E-state index in [4.69, 9.17) is 0 Å². The van der Waals surface area contributed by atoms with Crippen molar-refractivity contribution in [2.45, 2.75) is 0 Å². The molecule has 0 fully saturated rings. The van der Waals surface area contributed by atoms with Gasteiger partial charge in [0.2, 0.25) is 0 Å². The van der Waals surface area contributed by atoms with Gasteiger partial charge in [0.15, 0.2) is 0 Å². The molecule has 0 atom stereocenters. The molecule has 15 heavy (non-hydrogen) atoms. The van der Waals surface area contributed by atoms with Crippen molar-refractivity contribution in [2.24, 2.45) is 0 Å². The lowest BCUT2D eigenvalue weighted by atomic mass is 10.1. The van der Waals surface area contributed by atoms with Crippen LogP contribution in [0, 0.1) is 0 Å². The van der Waals surface area contributed by atoms with E-state index in [1.165, 1.54) is 0 Å². The number of aldehydes is 1. The first-order valence-electron chi connectivity index (χ1n) is 4.33. The summed E-state index contributed by atoms with van der Waals surface area (Å²) < 4.78 is 0.692. The zero-order valence-corrected chi connectivity index (χ0v) is 9.31. The molecule has 0 amide bonds. The minimum Gasteiger partial charge on any atom is -0.298 e. The van der Waals surface area contributed by atoms with Crippen LogP contribution in [0.1, 0.15) is 10.4 Å². The number of carbonyl (C=O) groups excluding carboxylic acids is 1. The van der Waals surface area contributed by atoms with Crippen molar-refractivity contribution >= 4 is 22.2 Å². The molecule has 0 saturated heterocycles. The Labute approximate surface area is 95.3 Å². The average molecular weight is 263 g/mol. The van der Waals surface area contributed by atoms with Gasteiger partial charge in [0.1, 0.15) is 10.9 Å². The van der Waals surface area contributed by atoms with Gasteiger partial charge < -0.3 is 0 Å². The summed E-state index contributed by atoms with van der Waals surface area (Å²) in [6.07, 6.45) is 4.10. The predicted molar refractivity (Wildman–Crippen MR) is 60.6 cm³/mol. The van der Waals surface area contributed by atoms with Crippen LogP contribution in [0.3, 0.4) is 0 Å². The second-order valence-electron chi connectivity index (χ2n) is 2.97. The number of hydrogen-bond acceptors (Lipinski definition) is 3. The second kappa shape index (κ2) is 4.31. The third kappa shape index (κ3) is 2.27. The Morgan fingerprint density at radius 2 is 2.07 bits per heavy atom. The van der Waals surface area contributed by atoms with E-state index in [9.17, 15) is 4.79 Å². The van der Waals surface area contributed by atoms with Gasteiger partial charge in [-0.2, -0.15) is 0 Å². The van der Waals surface area contributed by atoms with Gasteiger partial charge in [0.05, 0.1) is 18.1 Å². The molecule has 0 unspecified atom stereocenters. The van der Waals surface area contributed by atoms with Gasteiger partial charge >= 0.3 is 0 Å². The number of halogens is 1. The summed E-state index contributed by atoms with van der Waals surface area (Å²) in [7, 11) is 0. The molecule has 0 radical (unpaired) electrons. The van der Waals surface area contributed by atoms with Crippen LogP contribution in [0.4, 0.5) is 0 Å². The lowest BCUT2D eigenvalue weighted by Gasteiger charge is -2.00. The topological polar surface area (TPSA) is 42.9 Å². The van der Waals surface area contributed by atoms with E-state index < -0.39 is 0 Å². The Morgan fingerprint density at radius 3 is 2.73 bits per heavy atom. The fourth-order valence-electron chi connectivity index (χ4n) is 1.23. The van der Waals surface area contributed by atoms with E-state index in [-0.39, 0.29) is 0 Å². The van der Waals surface area contributed by atoms with Gasteiger partial charge in [-0.1, -0.05) is 18.2 Å². The normalized spacial score (nSPS) is 9.93. The highest BCUT2D eigenvalue weighted by Gasteiger charge is 2.00. The summed E-state index contributed by atoms with van der Waals surface area (Å²) in [5, 5.41) is 0. The van der Waals surface area contributed by atoms with Crippen molar-refractivity contribution in [3.8, 4) is 11.3 Å². The van der Waals surface area contributed by atoms with Crippen molar-refractivity contribution < 1.29 is 4.79 Å². The predicted octanol–water partition coefficient (Wildman–Crippen LogP) is 2.72. The maximum Gasteiger partial charge on any atom is 0.150 e. The molecule has 0 aliphatic heterocycles. The van der Waals surface area contributed by atoms with E-state index in [0.29, 0.717) is 10.2 Å². The molecule has 3 nitrogen and oxygen atoms in total. The van der Waals surface area contributed by atoms with Crippen LogP contribution >= 0.6 is 15.9 Å². The van der Waals surface area contributed by atoms with Gasteiger partial charge in [0, 0.05) is 11.1 Å². The molecule has 0 aliphatic carbocycles. The van der Waals surface area contributed by atoms with Gasteiger partial charge in [-0.25, -0.2) is 4.98 Å². The molecule has 4 heteroatoms. The fraction of sp³-hybridized carbons (Fsp3) is 0. The zero-order chi connectivity index (χ0) is 10.7. The van der Waals surface area contributed by atoms with Gasteiger partial charge in [-0.3, -0.25) is 9.78 Å². The van der Waals surface area contributed by atoms with Crippen LogP contribution in [-0.2, 0) is 0 Å². The van der Waals surface area contributed by atoms with Crippen molar-refractivity contribution in [2.75, 3.05) is 0 Å². The van der Waals surface area contributed by atoms with Crippen LogP contribution in [0.5, 0.6) is 0 Å². The Kier molecular flexibility index (Phi) is 2.87. The zero-order valence-electron chi connectivity index (χ0n) is 7.72. The Bertz CT molecular complexity index is 482. The first kappa shape index (κ1) is 9.98. The molecule has 0 bridgehead atoms. The van der Waals surface area contributed by atoms with E-state index in [0.717, 1.165) is 17.5 Å². The summed E-state index contributed by atoms with van der Waals surface area (Å²) in [6.45, 7) is 0. The lowest BCUT2D eigenvalue weighted by Crippen LogP contribution is -1.87. The Balaban J connectivity index is 2.44. The quantitative estimate of drug-likeness (QED) is 0.782. The highest BCUT2D eigenvalue weighted by Crippen LogP contribution is 2.17. The number of benzene rings is 1. The average Bonchev–Trinajstić information content (AvgIpc) is 2.30. The molecule has 0 saturated carbocycles. The third-order valence-corrected chi connectivity index (χ3v) is 2.35. The largest absolute Gasteiger partial charge is 0.298 e. The molecular weight excluding hydrogens is 256 g/mol. The smallest absolute Gasteiger partial charge is 0.150 e. The lowest BCUT2D eigenvalue weighted by molar-refractivity contribution is 0.112. The fourth-order valence-corrected chi connectivity index (χ4v) is 1.44. The standard InChI is InChI=1S/C11H7BrN2O/c12-11-6-13-10(5-14-11)9-3-1-2-8(4-9)7-15/h1-7H. The van der Waals surface area contributed by atoms with E-state index in [1.807, 2.05) is 12.1 Å². The van der Waals surface area contributed by atoms with Crippen molar-refractivity contribution in [3.63, 3.8) is 0 Å². The Hall–Kier alpha value is -1.55. The van der Waals surface area contributed by atoms with Crippen LogP contribution in [0.2, 0.25) is 0 Å². The first-order valence-corrected chi connectivity index (χ1v) is 5.12. The molecule has 0 N–H and O–H groups in total. The summed E-state index contributed by atoms with van der Waals surface area (Å²) in [6, 6.07) is 7.25. The number of nitrogens with zero attached hydrogens (tertiary/aromatic N) is 2. The van der Waals surface area contributed by atoms with Gasteiger partial charge in [0.25, 0.3) is 0 Å². The molecule has 0 spiro atoms. The highest BCUT2D eigenvalue weighted by molar-refractivity contribution is 9.10. The number of carbonyl (C=O) groups is 1. The molecule has 1 aromatic heterocycles. The highest BCUT2D eigenvalue weighted by atomic mass is 79.9. The first-order chi connectivity index (χ1) is 7.29. The molecule has 1 aromatic carbocycles. The second-order valence-corrected chi connectivity index (χ2v) is 3.78. The summed E-state index contributed by atoms with van der Waals surface area (Å²) in [5.74, 6) is 0. The molecule has 0 aliphatic rings. The Morgan fingerprint density at radius 1 is 1.20 bits per heavy atom. The van der Waals surface area contributed by atoms with Crippen molar-refractivity contribution in [1.29, 1.82) is 0 Å². The maximum absolute atomic E-state index is 10.6.